The number of allylic oxidation sites excluding steroid dienone is 1. The third-order valence-electron chi connectivity index (χ3n) is 2.18. The summed E-state index contributed by atoms with van der Waals surface area (Å²) in [4.78, 5) is 11.1. The zero-order valence-corrected chi connectivity index (χ0v) is 8.23. The second-order valence-corrected chi connectivity index (χ2v) is 3.80. The summed E-state index contributed by atoms with van der Waals surface area (Å²) >= 11 is 3.92. The number of carbonyl (C=O) groups is 1. The van der Waals surface area contributed by atoms with Crippen molar-refractivity contribution in [2.24, 2.45) is 0 Å². The van der Waals surface area contributed by atoms with Gasteiger partial charge in [0.2, 0.25) is 5.91 Å². The summed E-state index contributed by atoms with van der Waals surface area (Å²) in [5.41, 5.74) is -0.0332. The normalized spacial score (nSPS) is 28.5. The lowest BCUT2D eigenvalue weighted by molar-refractivity contribution is -0.120. The minimum Gasteiger partial charge on any atom is -0.350 e. The molecule has 0 aromatic carbocycles. The molecule has 0 aromatic rings. The maximum Gasteiger partial charge on any atom is 0.230 e. The van der Waals surface area contributed by atoms with E-state index in [1.807, 2.05) is 0 Å². The predicted octanol–water partition coefficient (Wildman–Crippen LogP) is 1.53. The van der Waals surface area contributed by atoms with Crippen LogP contribution in [0.25, 0.3) is 0 Å². The van der Waals surface area contributed by atoms with Crippen LogP contribution in [0, 0.1) is 0 Å². The van der Waals surface area contributed by atoms with E-state index in [0.717, 1.165) is 19.3 Å². The molecule has 1 aliphatic rings. The van der Waals surface area contributed by atoms with Crippen LogP contribution in [-0.4, -0.2) is 17.2 Å². The second-order valence-electron chi connectivity index (χ2n) is 3.48. The van der Waals surface area contributed by atoms with Gasteiger partial charge in [-0.05, 0) is 26.2 Å². The number of carbonyl (C=O) groups excluding carboxylic acids is 1. The molecular weight excluding hydrogens is 170 g/mol. The van der Waals surface area contributed by atoms with E-state index in [2.05, 4.69) is 37.0 Å². The average Bonchev–Trinajstić information content (AvgIpc) is 2.05. The fraction of sp³-hybridized carbons (Fsp3) is 0.667. The molecule has 0 fully saturated rings. The molecule has 3 heteroatoms. The molecule has 0 heterocycles. The van der Waals surface area contributed by atoms with Gasteiger partial charge in [0.1, 0.15) is 0 Å². The largest absolute Gasteiger partial charge is 0.350 e. The summed E-state index contributed by atoms with van der Waals surface area (Å²) in [7, 11) is 0. The molecule has 12 heavy (non-hydrogen) atoms. The number of thiol groups is 1. The van der Waals surface area contributed by atoms with E-state index in [4.69, 9.17) is 0 Å². The SMILES string of the molecule is CC1(NC(=O)CS)CC=CCC1. The van der Waals surface area contributed by atoms with E-state index >= 15 is 0 Å². The molecule has 1 amide bonds. The first-order valence-corrected chi connectivity index (χ1v) is 4.86. The third kappa shape index (κ3) is 2.55. The summed E-state index contributed by atoms with van der Waals surface area (Å²) in [6, 6.07) is 0. The minimum atomic E-state index is -0.0332. The zero-order chi connectivity index (χ0) is 9.03. The van der Waals surface area contributed by atoms with E-state index in [1.165, 1.54) is 0 Å². The first kappa shape index (κ1) is 9.65. The number of hydrogen-bond donors (Lipinski definition) is 2. The van der Waals surface area contributed by atoms with E-state index in [9.17, 15) is 4.79 Å². The maximum atomic E-state index is 11.1. The average molecular weight is 185 g/mol. The van der Waals surface area contributed by atoms with Gasteiger partial charge in [0.05, 0.1) is 5.75 Å². The molecule has 1 N–H and O–H groups in total. The van der Waals surface area contributed by atoms with Crippen molar-refractivity contribution in [3.63, 3.8) is 0 Å². The smallest absolute Gasteiger partial charge is 0.230 e. The molecule has 0 saturated heterocycles. The van der Waals surface area contributed by atoms with Crippen LogP contribution in [0.5, 0.6) is 0 Å². The van der Waals surface area contributed by atoms with Crippen LogP contribution in [0.4, 0.5) is 0 Å². The van der Waals surface area contributed by atoms with Crippen molar-refractivity contribution < 1.29 is 4.79 Å². The monoisotopic (exact) mass is 185 g/mol. The van der Waals surface area contributed by atoms with Crippen molar-refractivity contribution in [3.8, 4) is 0 Å². The number of nitrogens with one attached hydrogen (secondary N) is 1. The van der Waals surface area contributed by atoms with Crippen molar-refractivity contribution >= 4 is 18.5 Å². The molecule has 1 atom stereocenters. The Balaban J connectivity index is 2.48. The van der Waals surface area contributed by atoms with Crippen molar-refractivity contribution in [1.29, 1.82) is 0 Å². The number of amides is 1. The number of rotatable bonds is 2. The van der Waals surface area contributed by atoms with Gasteiger partial charge in [-0.15, -0.1) is 0 Å². The Morgan fingerprint density at radius 3 is 2.92 bits per heavy atom. The molecule has 0 bridgehead atoms. The van der Waals surface area contributed by atoms with Crippen molar-refractivity contribution in [3.05, 3.63) is 12.2 Å². The first-order valence-electron chi connectivity index (χ1n) is 4.23. The second kappa shape index (κ2) is 3.99. The Morgan fingerprint density at radius 2 is 2.42 bits per heavy atom. The molecule has 1 rings (SSSR count). The van der Waals surface area contributed by atoms with Crippen LogP contribution in [0.2, 0.25) is 0 Å². The lowest BCUT2D eigenvalue weighted by atomic mass is 9.88. The topological polar surface area (TPSA) is 29.1 Å². The van der Waals surface area contributed by atoms with Crippen molar-refractivity contribution in [2.75, 3.05) is 5.75 Å². The standard InChI is InChI=1S/C9H15NOS/c1-9(10-8(11)7-12)5-3-2-4-6-9/h2-3,12H,4-7H2,1H3,(H,10,11). The van der Waals surface area contributed by atoms with Gasteiger partial charge in [-0.2, -0.15) is 12.6 Å². The molecular formula is C9H15NOS. The Hall–Kier alpha value is -0.440. The zero-order valence-electron chi connectivity index (χ0n) is 7.34. The fourth-order valence-electron chi connectivity index (χ4n) is 1.45. The van der Waals surface area contributed by atoms with Gasteiger partial charge in [-0.3, -0.25) is 4.79 Å². The summed E-state index contributed by atoms with van der Waals surface area (Å²) in [5.74, 6) is 0.301. The van der Waals surface area contributed by atoms with Crippen LogP contribution in [-0.2, 0) is 4.79 Å². The van der Waals surface area contributed by atoms with E-state index < -0.39 is 0 Å². The minimum absolute atomic E-state index is 0.0242. The summed E-state index contributed by atoms with van der Waals surface area (Å²) in [5, 5.41) is 2.98. The molecule has 68 valence electrons. The van der Waals surface area contributed by atoms with E-state index in [1.54, 1.807) is 0 Å². The predicted molar refractivity (Wildman–Crippen MR) is 53.4 cm³/mol. The molecule has 0 spiro atoms. The van der Waals surface area contributed by atoms with Crippen LogP contribution < -0.4 is 5.32 Å². The fourth-order valence-corrected chi connectivity index (χ4v) is 1.53. The van der Waals surface area contributed by atoms with Crippen LogP contribution in [0.1, 0.15) is 26.2 Å². The first-order chi connectivity index (χ1) is 5.66. The van der Waals surface area contributed by atoms with Crippen LogP contribution in [0.15, 0.2) is 12.2 Å². The Morgan fingerprint density at radius 1 is 1.67 bits per heavy atom. The highest BCUT2D eigenvalue weighted by molar-refractivity contribution is 7.81. The quantitative estimate of drug-likeness (QED) is 0.496. The Kier molecular flexibility index (Phi) is 3.20. The summed E-state index contributed by atoms with van der Waals surface area (Å²) in [6.45, 7) is 2.08. The highest BCUT2D eigenvalue weighted by Crippen LogP contribution is 2.22. The van der Waals surface area contributed by atoms with Crippen LogP contribution >= 0.6 is 12.6 Å². The lowest BCUT2D eigenvalue weighted by Crippen LogP contribution is -2.46. The Labute approximate surface area is 78.8 Å². The van der Waals surface area contributed by atoms with E-state index in [-0.39, 0.29) is 17.2 Å². The van der Waals surface area contributed by atoms with Gasteiger partial charge in [-0.25, -0.2) is 0 Å². The number of hydrogen-bond acceptors (Lipinski definition) is 2. The highest BCUT2D eigenvalue weighted by Gasteiger charge is 2.25. The van der Waals surface area contributed by atoms with Gasteiger partial charge in [0.25, 0.3) is 0 Å². The van der Waals surface area contributed by atoms with Gasteiger partial charge in [-0.1, -0.05) is 12.2 Å². The molecule has 0 radical (unpaired) electrons. The molecule has 1 unspecified atom stereocenters. The highest BCUT2D eigenvalue weighted by atomic mass is 32.1. The Bertz CT molecular complexity index is 203. The van der Waals surface area contributed by atoms with Gasteiger partial charge < -0.3 is 5.32 Å². The summed E-state index contributed by atoms with van der Waals surface area (Å²) in [6.07, 6.45) is 7.32. The third-order valence-corrected chi connectivity index (χ3v) is 2.47. The molecule has 0 aliphatic heterocycles. The molecule has 2 nitrogen and oxygen atoms in total. The van der Waals surface area contributed by atoms with E-state index in [0.29, 0.717) is 0 Å². The van der Waals surface area contributed by atoms with Crippen molar-refractivity contribution in [2.45, 2.75) is 31.7 Å². The van der Waals surface area contributed by atoms with Gasteiger partial charge in [0, 0.05) is 5.54 Å². The summed E-state index contributed by atoms with van der Waals surface area (Å²) < 4.78 is 0. The van der Waals surface area contributed by atoms with Gasteiger partial charge >= 0.3 is 0 Å². The van der Waals surface area contributed by atoms with Crippen molar-refractivity contribution in [1.82, 2.24) is 5.32 Å². The molecule has 0 aromatic heterocycles. The molecule has 1 aliphatic carbocycles. The van der Waals surface area contributed by atoms with Gasteiger partial charge in [0.15, 0.2) is 0 Å². The van der Waals surface area contributed by atoms with Crippen LogP contribution in [0.3, 0.4) is 0 Å². The molecule has 0 saturated carbocycles. The maximum absolute atomic E-state index is 11.1. The lowest BCUT2D eigenvalue weighted by Gasteiger charge is -2.31.